The quantitative estimate of drug-likeness (QED) is 0.475. The first-order chi connectivity index (χ1) is 5.65. The van der Waals surface area contributed by atoms with Crippen molar-refractivity contribution in [3.8, 4) is 0 Å². The molecular weight excluding hydrogens is 162 g/mol. The lowest BCUT2D eigenvalue weighted by molar-refractivity contribution is -0.489. The average Bonchev–Trinajstić information content (AvgIpc) is 2.30. The standard InChI is InChI=1S/C7H11NO4/c9-4-6-5(3-8(11)12)1-2-7(6)10/h5-6,9H,1-4H2/t5-,6-/m0/s1. The van der Waals surface area contributed by atoms with Crippen LogP contribution >= 0.6 is 0 Å². The molecule has 2 atom stereocenters. The lowest BCUT2D eigenvalue weighted by atomic mass is 9.97. The highest BCUT2D eigenvalue weighted by Crippen LogP contribution is 2.28. The van der Waals surface area contributed by atoms with E-state index in [4.69, 9.17) is 5.11 Å². The second kappa shape index (κ2) is 3.62. The Morgan fingerprint density at radius 3 is 2.83 bits per heavy atom. The maximum Gasteiger partial charge on any atom is 0.207 e. The van der Waals surface area contributed by atoms with Crippen molar-refractivity contribution in [2.45, 2.75) is 12.8 Å². The van der Waals surface area contributed by atoms with Crippen molar-refractivity contribution in [1.82, 2.24) is 0 Å². The Kier molecular flexibility index (Phi) is 2.75. The molecule has 0 spiro atoms. The van der Waals surface area contributed by atoms with Crippen LogP contribution in [0.25, 0.3) is 0 Å². The summed E-state index contributed by atoms with van der Waals surface area (Å²) in [6, 6.07) is 0. The van der Waals surface area contributed by atoms with Crippen LogP contribution in [0.5, 0.6) is 0 Å². The zero-order chi connectivity index (χ0) is 9.14. The number of Topliss-reactive ketones (excluding diaryl/α,β-unsaturated/α-hetero) is 1. The molecule has 1 rings (SSSR count). The van der Waals surface area contributed by atoms with E-state index in [9.17, 15) is 14.9 Å². The van der Waals surface area contributed by atoms with Gasteiger partial charge in [0.15, 0.2) is 0 Å². The summed E-state index contributed by atoms with van der Waals surface area (Å²) in [6.07, 6.45) is 0.925. The van der Waals surface area contributed by atoms with Crippen molar-refractivity contribution in [1.29, 1.82) is 0 Å². The van der Waals surface area contributed by atoms with Gasteiger partial charge in [0.25, 0.3) is 0 Å². The van der Waals surface area contributed by atoms with E-state index in [1.807, 2.05) is 0 Å². The summed E-state index contributed by atoms with van der Waals surface area (Å²) < 4.78 is 0. The molecule has 12 heavy (non-hydrogen) atoms. The van der Waals surface area contributed by atoms with Gasteiger partial charge in [-0.25, -0.2) is 0 Å². The summed E-state index contributed by atoms with van der Waals surface area (Å²) in [5.74, 6) is -0.780. The molecule has 0 unspecified atom stereocenters. The van der Waals surface area contributed by atoms with E-state index in [0.29, 0.717) is 12.8 Å². The van der Waals surface area contributed by atoms with E-state index in [0.717, 1.165) is 0 Å². The van der Waals surface area contributed by atoms with Gasteiger partial charge in [0, 0.05) is 23.2 Å². The molecule has 1 saturated carbocycles. The predicted octanol–water partition coefficient (Wildman–Crippen LogP) is -0.149. The van der Waals surface area contributed by atoms with Crippen LogP contribution in [0.4, 0.5) is 0 Å². The molecule has 1 fully saturated rings. The Labute approximate surface area is 69.5 Å². The van der Waals surface area contributed by atoms with E-state index in [-0.39, 0.29) is 24.9 Å². The van der Waals surface area contributed by atoms with Crippen molar-refractivity contribution in [2.24, 2.45) is 11.8 Å². The van der Waals surface area contributed by atoms with Crippen LogP contribution in [0, 0.1) is 22.0 Å². The molecule has 5 nitrogen and oxygen atoms in total. The summed E-state index contributed by atoms with van der Waals surface area (Å²) in [6.45, 7) is -0.450. The first-order valence-corrected chi connectivity index (χ1v) is 3.90. The summed E-state index contributed by atoms with van der Waals surface area (Å²) >= 11 is 0. The molecule has 0 saturated heterocycles. The molecule has 0 radical (unpaired) electrons. The summed E-state index contributed by atoms with van der Waals surface area (Å²) in [4.78, 5) is 20.7. The highest BCUT2D eigenvalue weighted by atomic mass is 16.6. The highest BCUT2D eigenvalue weighted by molar-refractivity contribution is 5.83. The molecule has 0 aromatic rings. The fraction of sp³-hybridized carbons (Fsp3) is 0.857. The van der Waals surface area contributed by atoms with Gasteiger partial charge in [0.05, 0.1) is 6.61 Å². The third kappa shape index (κ3) is 1.79. The number of hydrogen-bond donors (Lipinski definition) is 1. The van der Waals surface area contributed by atoms with E-state index >= 15 is 0 Å². The lowest BCUT2D eigenvalue weighted by Crippen LogP contribution is -2.24. The fourth-order valence-electron chi connectivity index (χ4n) is 1.64. The number of nitro groups is 1. The topological polar surface area (TPSA) is 80.4 Å². The van der Waals surface area contributed by atoms with Crippen LogP contribution in [0.3, 0.4) is 0 Å². The van der Waals surface area contributed by atoms with Gasteiger partial charge in [-0.15, -0.1) is 0 Å². The van der Waals surface area contributed by atoms with Gasteiger partial charge in [-0.2, -0.15) is 0 Å². The second-order valence-electron chi connectivity index (χ2n) is 3.07. The van der Waals surface area contributed by atoms with Crippen LogP contribution < -0.4 is 0 Å². The van der Waals surface area contributed by atoms with E-state index in [2.05, 4.69) is 0 Å². The zero-order valence-corrected chi connectivity index (χ0v) is 6.60. The largest absolute Gasteiger partial charge is 0.396 e. The molecule has 0 bridgehead atoms. The molecule has 0 heterocycles. The van der Waals surface area contributed by atoms with Crippen LogP contribution in [-0.4, -0.2) is 29.0 Å². The Bertz CT molecular complexity index is 204. The van der Waals surface area contributed by atoms with Gasteiger partial charge >= 0.3 is 0 Å². The molecule has 68 valence electrons. The minimum atomic E-state index is -0.490. The van der Waals surface area contributed by atoms with Crippen LogP contribution in [0.15, 0.2) is 0 Å². The third-order valence-electron chi connectivity index (χ3n) is 2.32. The van der Waals surface area contributed by atoms with Crippen molar-refractivity contribution in [2.75, 3.05) is 13.2 Å². The molecule has 1 aliphatic rings. The molecule has 1 aliphatic carbocycles. The maximum atomic E-state index is 11.0. The molecule has 0 aromatic carbocycles. The maximum absolute atomic E-state index is 11.0. The number of rotatable bonds is 3. The lowest BCUT2D eigenvalue weighted by Gasteiger charge is -2.10. The van der Waals surface area contributed by atoms with Crippen molar-refractivity contribution in [3.63, 3.8) is 0 Å². The van der Waals surface area contributed by atoms with Gasteiger partial charge in [0.1, 0.15) is 5.78 Å². The molecule has 0 aliphatic heterocycles. The van der Waals surface area contributed by atoms with Crippen molar-refractivity contribution < 1.29 is 14.8 Å². The SMILES string of the molecule is O=C1CC[C@@H](C[N+](=O)[O-])[C@@H]1CO. The van der Waals surface area contributed by atoms with E-state index < -0.39 is 10.8 Å². The van der Waals surface area contributed by atoms with Crippen LogP contribution in [-0.2, 0) is 4.79 Å². The number of carbonyl (C=O) groups is 1. The second-order valence-corrected chi connectivity index (χ2v) is 3.07. The minimum Gasteiger partial charge on any atom is -0.396 e. The normalized spacial score (nSPS) is 29.2. The fourth-order valence-corrected chi connectivity index (χ4v) is 1.64. The number of hydrogen-bond acceptors (Lipinski definition) is 4. The van der Waals surface area contributed by atoms with Gasteiger partial charge in [0.2, 0.25) is 6.54 Å². The number of ketones is 1. The molecular formula is C7H11NO4. The zero-order valence-electron chi connectivity index (χ0n) is 6.60. The number of aliphatic hydroxyl groups is 1. The molecule has 0 amide bonds. The first-order valence-electron chi connectivity index (χ1n) is 3.90. The summed E-state index contributed by atoms with van der Waals surface area (Å²) in [7, 11) is 0. The third-order valence-corrected chi connectivity index (χ3v) is 2.32. The van der Waals surface area contributed by atoms with Crippen LogP contribution in [0.2, 0.25) is 0 Å². The van der Waals surface area contributed by atoms with Crippen molar-refractivity contribution >= 4 is 5.78 Å². The average molecular weight is 173 g/mol. The predicted molar refractivity (Wildman–Crippen MR) is 40.2 cm³/mol. The van der Waals surface area contributed by atoms with Gasteiger partial charge in [-0.3, -0.25) is 14.9 Å². The number of carbonyl (C=O) groups excluding carboxylic acids is 1. The Hall–Kier alpha value is -0.970. The Morgan fingerprint density at radius 1 is 1.67 bits per heavy atom. The highest BCUT2D eigenvalue weighted by Gasteiger charge is 2.36. The van der Waals surface area contributed by atoms with Crippen molar-refractivity contribution in [3.05, 3.63) is 10.1 Å². The van der Waals surface area contributed by atoms with Gasteiger partial charge in [-0.05, 0) is 6.42 Å². The molecule has 0 aromatic heterocycles. The first kappa shape index (κ1) is 9.12. The Morgan fingerprint density at radius 2 is 2.33 bits per heavy atom. The van der Waals surface area contributed by atoms with Gasteiger partial charge in [-0.1, -0.05) is 0 Å². The number of nitrogens with zero attached hydrogens (tertiary/aromatic N) is 1. The molecule has 5 heteroatoms. The minimum absolute atomic E-state index is 0.0376. The van der Waals surface area contributed by atoms with Gasteiger partial charge < -0.3 is 5.11 Å². The molecule has 1 N–H and O–H groups in total. The number of aliphatic hydroxyl groups excluding tert-OH is 1. The monoisotopic (exact) mass is 173 g/mol. The smallest absolute Gasteiger partial charge is 0.207 e. The Balaban J connectivity index is 2.54. The van der Waals surface area contributed by atoms with E-state index in [1.165, 1.54) is 0 Å². The van der Waals surface area contributed by atoms with Crippen LogP contribution in [0.1, 0.15) is 12.8 Å². The van der Waals surface area contributed by atoms with E-state index in [1.54, 1.807) is 0 Å². The summed E-state index contributed by atoms with van der Waals surface area (Å²) in [5.41, 5.74) is 0. The summed E-state index contributed by atoms with van der Waals surface area (Å²) in [5, 5.41) is 18.9.